The maximum Gasteiger partial charge on any atom is 0.232 e. The largest absolute Gasteiger partial charge is 0.378 e. The molecule has 3 rings (SSSR count). The summed E-state index contributed by atoms with van der Waals surface area (Å²) in [5.74, 6) is 1.23. The van der Waals surface area contributed by atoms with Crippen molar-refractivity contribution in [2.45, 2.75) is 43.7 Å². The smallest absolute Gasteiger partial charge is 0.232 e. The number of rotatable bonds is 6. The van der Waals surface area contributed by atoms with Gasteiger partial charge >= 0.3 is 0 Å². The number of hydrogen-bond donors (Lipinski definition) is 0. The van der Waals surface area contributed by atoms with Gasteiger partial charge in [-0.15, -0.1) is 10.2 Å². The summed E-state index contributed by atoms with van der Waals surface area (Å²) in [6.45, 7) is 3.45. The lowest BCUT2D eigenvalue weighted by Gasteiger charge is -2.25. The third kappa shape index (κ3) is 4.24. The summed E-state index contributed by atoms with van der Waals surface area (Å²) in [6, 6.07) is 3.74. The van der Waals surface area contributed by atoms with Crippen molar-refractivity contribution in [1.82, 2.24) is 24.7 Å². The number of aromatic nitrogens is 4. The predicted molar refractivity (Wildman–Crippen MR) is 92.1 cm³/mol. The number of amides is 1. The molecule has 2 aromatic rings. The van der Waals surface area contributed by atoms with Crippen LogP contribution < -0.4 is 0 Å². The summed E-state index contributed by atoms with van der Waals surface area (Å²) < 4.78 is 7.41. The Labute approximate surface area is 145 Å². The molecule has 1 fully saturated rings. The molecule has 0 radical (unpaired) electrons. The van der Waals surface area contributed by atoms with Crippen molar-refractivity contribution in [2.24, 2.45) is 0 Å². The molecule has 0 unspecified atom stereocenters. The van der Waals surface area contributed by atoms with Gasteiger partial charge in [-0.05, 0) is 44.7 Å². The molecule has 0 aliphatic carbocycles. The van der Waals surface area contributed by atoms with Gasteiger partial charge in [0.2, 0.25) is 5.91 Å². The average molecular weight is 349 g/mol. The molecule has 7 nitrogen and oxygen atoms in total. The van der Waals surface area contributed by atoms with Crippen molar-refractivity contribution < 1.29 is 9.53 Å². The molecule has 0 spiro atoms. The van der Waals surface area contributed by atoms with Crippen LogP contribution >= 0.6 is 11.8 Å². The van der Waals surface area contributed by atoms with Gasteiger partial charge in [0, 0.05) is 20.2 Å². The van der Waals surface area contributed by atoms with Crippen molar-refractivity contribution in [3.63, 3.8) is 0 Å². The molecular weight excluding hydrogens is 326 g/mol. The minimum Gasteiger partial charge on any atom is -0.378 e. The van der Waals surface area contributed by atoms with E-state index in [0.717, 1.165) is 43.3 Å². The van der Waals surface area contributed by atoms with E-state index < -0.39 is 0 Å². The summed E-state index contributed by atoms with van der Waals surface area (Å²) in [6.07, 6.45) is 4.72. The maximum absolute atomic E-state index is 12.3. The topological polar surface area (TPSA) is 72.6 Å². The minimum absolute atomic E-state index is 0.109. The number of ether oxygens (including phenoxy) is 1. The zero-order chi connectivity index (χ0) is 16.9. The lowest BCUT2D eigenvalue weighted by molar-refractivity contribution is -0.127. The predicted octanol–water partition coefficient (Wildman–Crippen LogP) is 1.94. The Morgan fingerprint density at radius 2 is 2.29 bits per heavy atom. The molecule has 3 heterocycles. The van der Waals surface area contributed by atoms with Gasteiger partial charge in [0.1, 0.15) is 5.03 Å². The summed E-state index contributed by atoms with van der Waals surface area (Å²) in [5, 5.41) is 13.2. The Morgan fingerprint density at radius 3 is 3.08 bits per heavy atom. The molecule has 0 N–H and O–H groups in total. The highest BCUT2D eigenvalue weighted by atomic mass is 32.2. The van der Waals surface area contributed by atoms with Crippen molar-refractivity contribution in [3.05, 3.63) is 18.0 Å². The Hall–Kier alpha value is -1.67. The number of carbonyl (C=O) groups is 1. The first-order chi connectivity index (χ1) is 11.6. The second kappa shape index (κ2) is 7.94. The Balaban J connectivity index is 1.47. The monoisotopic (exact) mass is 349 g/mol. The van der Waals surface area contributed by atoms with E-state index in [0.29, 0.717) is 17.5 Å². The van der Waals surface area contributed by atoms with Crippen molar-refractivity contribution in [1.29, 1.82) is 0 Å². The van der Waals surface area contributed by atoms with Gasteiger partial charge in [-0.1, -0.05) is 11.8 Å². The van der Waals surface area contributed by atoms with E-state index in [9.17, 15) is 4.79 Å². The molecule has 0 aromatic carbocycles. The summed E-state index contributed by atoms with van der Waals surface area (Å²) in [4.78, 5) is 14.1. The van der Waals surface area contributed by atoms with E-state index >= 15 is 0 Å². The van der Waals surface area contributed by atoms with Crippen LogP contribution in [0, 0.1) is 6.92 Å². The van der Waals surface area contributed by atoms with E-state index in [1.54, 1.807) is 9.42 Å². The van der Waals surface area contributed by atoms with Crippen LogP contribution in [0.3, 0.4) is 0 Å². The van der Waals surface area contributed by atoms with Crippen LogP contribution in [0.4, 0.5) is 0 Å². The number of nitrogens with zero attached hydrogens (tertiary/aromatic N) is 5. The lowest BCUT2D eigenvalue weighted by atomic mass is 10.1. The summed E-state index contributed by atoms with van der Waals surface area (Å²) in [5.41, 5.74) is 0.716. The zero-order valence-corrected chi connectivity index (χ0v) is 15.0. The molecule has 24 heavy (non-hydrogen) atoms. The Bertz CT molecular complexity index is 699. The van der Waals surface area contributed by atoms with Gasteiger partial charge in [0.25, 0.3) is 0 Å². The molecule has 1 atom stereocenters. The number of thioether (sulfide) groups is 1. The van der Waals surface area contributed by atoms with Crippen LogP contribution in [0.2, 0.25) is 0 Å². The van der Waals surface area contributed by atoms with Gasteiger partial charge in [-0.2, -0.15) is 9.61 Å². The second-order valence-electron chi connectivity index (χ2n) is 6.07. The first-order valence-corrected chi connectivity index (χ1v) is 9.29. The molecule has 0 bridgehead atoms. The third-order valence-electron chi connectivity index (χ3n) is 4.22. The summed E-state index contributed by atoms with van der Waals surface area (Å²) >= 11 is 1.44. The van der Waals surface area contributed by atoms with Gasteiger partial charge < -0.3 is 9.64 Å². The molecule has 130 valence electrons. The SMILES string of the molecule is Cc1nnc2ccc(SCC(=O)N(C)CC[C@H]3CCCCO3)nn12. The highest BCUT2D eigenvalue weighted by Crippen LogP contribution is 2.18. The Kier molecular flexibility index (Phi) is 5.68. The molecule has 1 saturated heterocycles. The first-order valence-electron chi connectivity index (χ1n) is 8.31. The highest BCUT2D eigenvalue weighted by molar-refractivity contribution is 7.99. The molecular formula is C16H23N5O2S. The highest BCUT2D eigenvalue weighted by Gasteiger charge is 2.16. The van der Waals surface area contributed by atoms with Crippen LogP contribution in [-0.2, 0) is 9.53 Å². The van der Waals surface area contributed by atoms with Crippen LogP contribution in [0.25, 0.3) is 5.65 Å². The third-order valence-corrected chi connectivity index (χ3v) is 5.13. The van der Waals surface area contributed by atoms with Gasteiger partial charge in [-0.25, -0.2) is 0 Å². The van der Waals surface area contributed by atoms with Crippen LogP contribution in [0.1, 0.15) is 31.5 Å². The minimum atomic E-state index is 0.109. The molecule has 2 aromatic heterocycles. The standard InChI is InChI=1S/C16H23N5O2S/c1-12-17-18-14-6-7-15(19-21(12)14)24-11-16(22)20(2)9-8-13-5-3-4-10-23-13/h6-7,13H,3-5,8-11H2,1-2H3/t13-/m1/s1. The number of fused-ring (bicyclic) bond motifs is 1. The van der Waals surface area contributed by atoms with Gasteiger partial charge in [-0.3, -0.25) is 4.79 Å². The molecule has 0 saturated carbocycles. The number of carbonyl (C=O) groups excluding carboxylic acids is 1. The van der Waals surface area contributed by atoms with E-state index in [2.05, 4.69) is 15.3 Å². The summed E-state index contributed by atoms with van der Waals surface area (Å²) in [7, 11) is 1.85. The fourth-order valence-corrected chi connectivity index (χ4v) is 3.49. The molecule has 8 heteroatoms. The molecule has 1 aliphatic heterocycles. The quantitative estimate of drug-likeness (QED) is 0.742. The van der Waals surface area contributed by atoms with Gasteiger partial charge in [0.15, 0.2) is 11.5 Å². The average Bonchev–Trinajstić information content (AvgIpc) is 2.99. The molecule has 1 aliphatic rings. The zero-order valence-electron chi connectivity index (χ0n) is 14.1. The van der Waals surface area contributed by atoms with Crippen LogP contribution in [-0.4, -0.2) is 62.7 Å². The normalized spacial score (nSPS) is 18.0. The van der Waals surface area contributed by atoms with Crippen molar-refractivity contribution in [3.8, 4) is 0 Å². The van der Waals surface area contributed by atoms with E-state index in [1.165, 1.54) is 18.2 Å². The molecule has 1 amide bonds. The number of aryl methyl sites for hydroxylation is 1. The van der Waals surface area contributed by atoms with E-state index in [-0.39, 0.29) is 5.91 Å². The van der Waals surface area contributed by atoms with Crippen molar-refractivity contribution >= 4 is 23.3 Å². The maximum atomic E-state index is 12.3. The van der Waals surface area contributed by atoms with Crippen LogP contribution in [0.15, 0.2) is 17.2 Å². The second-order valence-corrected chi connectivity index (χ2v) is 7.07. The lowest BCUT2D eigenvalue weighted by Crippen LogP contribution is -2.32. The first kappa shape index (κ1) is 17.2. The Morgan fingerprint density at radius 1 is 1.42 bits per heavy atom. The van der Waals surface area contributed by atoms with Crippen LogP contribution in [0.5, 0.6) is 0 Å². The van der Waals surface area contributed by atoms with Crippen molar-refractivity contribution in [2.75, 3.05) is 26.0 Å². The van der Waals surface area contributed by atoms with Gasteiger partial charge in [0.05, 0.1) is 11.9 Å². The van der Waals surface area contributed by atoms with E-state index in [4.69, 9.17) is 4.74 Å². The van der Waals surface area contributed by atoms with E-state index in [1.807, 2.05) is 26.1 Å². The fraction of sp³-hybridized carbons (Fsp3) is 0.625. The fourth-order valence-electron chi connectivity index (χ4n) is 2.70. The number of hydrogen-bond acceptors (Lipinski definition) is 6.